The van der Waals surface area contributed by atoms with Crippen molar-refractivity contribution in [1.82, 2.24) is 15.5 Å². The number of hydrogen-bond donors (Lipinski definition) is 2. The highest BCUT2D eigenvalue weighted by atomic mass is 35.5. The Morgan fingerprint density at radius 1 is 1.31 bits per heavy atom. The number of halogens is 2. The number of aromatic amines is 1. The van der Waals surface area contributed by atoms with Gasteiger partial charge in [0.2, 0.25) is 0 Å². The van der Waals surface area contributed by atoms with Crippen molar-refractivity contribution in [2.45, 2.75) is 13.0 Å². The van der Waals surface area contributed by atoms with E-state index < -0.39 is 11.9 Å². The lowest BCUT2D eigenvalue weighted by atomic mass is 10.0. The van der Waals surface area contributed by atoms with Gasteiger partial charge in [-0.05, 0) is 48.9 Å². The monoisotopic (exact) mass is 373 g/mol. The molecule has 1 aromatic heterocycles. The second kappa shape index (κ2) is 7.58. The van der Waals surface area contributed by atoms with E-state index in [0.717, 1.165) is 11.1 Å². The summed E-state index contributed by atoms with van der Waals surface area (Å²) in [6, 6.07) is 8.74. The van der Waals surface area contributed by atoms with Gasteiger partial charge in [-0.1, -0.05) is 11.6 Å². The Labute approximate surface area is 155 Å². The standard InChI is InChI=1S/C19H17ClFN3O2/c1-11(16-8-14(21)4-6-17(16)20)24-19(25)12-3-5-15(18(7-12)26-2)13-9-22-23-10-13/h3-11H,1-2H3,(H,22,23)(H,24,25). The minimum atomic E-state index is -0.453. The van der Waals surface area contributed by atoms with Gasteiger partial charge in [0.1, 0.15) is 11.6 Å². The number of carbonyl (C=O) groups is 1. The summed E-state index contributed by atoms with van der Waals surface area (Å²) in [7, 11) is 1.54. The third kappa shape index (κ3) is 3.70. The summed E-state index contributed by atoms with van der Waals surface area (Å²) >= 11 is 6.10. The van der Waals surface area contributed by atoms with Gasteiger partial charge in [-0.2, -0.15) is 5.10 Å². The normalized spacial score (nSPS) is 11.8. The Morgan fingerprint density at radius 3 is 2.81 bits per heavy atom. The molecule has 1 atom stereocenters. The maximum absolute atomic E-state index is 13.5. The molecule has 3 rings (SSSR count). The largest absolute Gasteiger partial charge is 0.496 e. The lowest BCUT2D eigenvalue weighted by Crippen LogP contribution is -2.27. The molecule has 1 amide bonds. The zero-order valence-corrected chi connectivity index (χ0v) is 15.0. The molecule has 0 radical (unpaired) electrons. The molecule has 2 aromatic carbocycles. The molecule has 0 spiro atoms. The van der Waals surface area contributed by atoms with Crippen molar-refractivity contribution < 1.29 is 13.9 Å². The number of H-pyrrole nitrogens is 1. The van der Waals surface area contributed by atoms with E-state index in [1.165, 1.54) is 25.3 Å². The predicted octanol–water partition coefficient (Wildman–Crippen LogP) is 4.37. The predicted molar refractivity (Wildman–Crippen MR) is 97.9 cm³/mol. The summed E-state index contributed by atoms with van der Waals surface area (Å²) in [5.41, 5.74) is 2.61. The van der Waals surface area contributed by atoms with Crippen molar-refractivity contribution in [3.63, 3.8) is 0 Å². The van der Waals surface area contributed by atoms with E-state index in [9.17, 15) is 9.18 Å². The maximum Gasteiger partial charge on any atom is 0.251 e. The van der Waals surface area contributed by atoms with Gasteiger partial charge in [-0.15, -0.1) is 0 Å². The summed E-state index contributed by atoms with van der Waals surface area (Å²) in [6.07, 6.45) is 3.41. The quantitative estimate of drug-likeness (QED) is 0.697. The van der Waals surface area contributed by atoms with E-state index in [4.69, 9.17) is 16.3 Å². The van der Waals surface area contributed by atoms with Crippen LogP contribution in [0.25, 0.3) is 11.1 Å². The number of ether oxygens (including phenoxy) is 1. The van der Waals surface area contributed by atoms with E-state index in [1.807, 2.05) is 0 Å². The minimum Gasteiger partial charge on any atom is -0.496 e. The molecular formula is C19H17ClFN3O2. The van der Waals surface area contributed by atoms with Crippen molar-refractivity contribution in [3.8, 4) is 16.9 Å². The van der Waals surface area contributed by atoms with Gasteiger partial charge < -0.3 is 10.1 Å². The van der Waals surface area contributed by atoms with Gasteiger partial charge in [0.25, 0.3) is 5.91 Å². The van der Waals surface area contributed by atoms with E-state index >= 15 is 0 Å². The van der Waals surface area contributed by atoms with Gasteiger partial charge in [0.05, 0.1) is 19.3 Å². The summed E-state index contributed by atoms with van der Waals surface area (Å²) in [6.45, 7) is 1.75. The summed E-state index contributed by atoms with van der Waals surface area (Å²) in [5, 5.41) is 9.88. The van der Waals surface area contributed by atoms with Crippen LogP contribution in [-0.4, -0.2) is 23.2 Å². The molecule has 26 heavy (non-hydrogen) atoms. The zero-order chi connectivity index (χ0) is 18.7. The number of methoxy groups -OCH3 is 1. The van der Waals surface area contributed by atoms with Crippen LogP contribution in [0.2, 0.25) is 5.02 Å². The lowest BCUT2D eigenvalue weighted by molar-refractivity contribution is 0.0939. The Hall–Kier alpha value is -2.86. The van der Waals surface area contributed by atoms with Gasteiger partial charge in [-0.25, -0.2) is 4.39 Å². The van der Waals surface area contributed by atoms with Crippen LogP contribution in [0.5, 0.6) is 5.75 Å². The Morgan fingerprint density at radius 2 is 2.12 bits per heavy atom. The molecule has 0 aliphatic carbocycles. The number of carbonyl (C=O) groups excluding carboxylic acids is 1. The van der Waals surface area contributed by atoms with Crippen LogP contribution in [0.3, 0.4) is 0 Å². The van der Waals surface area contributed by atoms with E-state index in [2.05, 4.69) is 15.5 Å². The van der Waals surface area contributed by atoms with Crippen LogP contribution in [-0.2, 0) is 0 Å². The van der Waals surface area contributed by atoms with Gasteiger partial charge in [0.15, 0.2) is 0 Å². The fourth-order valence-corrected chi connectivity index (χ4v) is 2.95. The first-order chi connectivity index (χ1) is 12.5. The Kier molecular flexibility index (Phi) is 5.23. The number of benzene rings is 2. The number of nitrogens with zero attached hydrogens (tertiary/aromatic N) is 1. The molecule has 0 aliphatic heterocycles. The number of rotatable bonds is 5. The van der Waals surface area contributed by atoms with Crippen molar-refractivity contribution in [2.75, 3.05) is 7.11 Å². The molecule has 7 heteroatoms. The average molecular weight is 374 g/mol. The number of hydrogen-bond acceptors (Lipinski definition) is 3. The first kappa shape index (κ1) is 17.9. The summed E-state index contributed by atoms with van der Waals surface area (Å²) < 4.78 is 18.8. The molecule has 0 saturated carbocycles. The van der Waals surface area contributed by atoms with Crippen molar-refractivity contribution in [2.24, 2.45) is 0 Å². The molecule has 5 nitrogen and oxygen atoms in total. The number of aromatic nitrogens is 2. The highest BCUT2D eigenvalue weighted by Gasteiger charge is 2.17. The van der Waals surface area contributed by atoms with Crippen LogP contribution < -0.4 is 10.1 Å². The van der Waals surface area contributed by atoms with Gasteiger partial charge in [-0.3, -0.25) is 9.89 Å². The fourth-order valence-electron chi connectivity index (χ4n) is 2.67. The van der Waals surface area contributed by atoms with Gasteiger partial charge in [0, 0.05) is 27.9 Å². The molecule has 0 fully saturated rings. The molecule has 3 aromatic rings. The minimum absolute atomic E-state index is 0.310. The molecule has 0 bridgehead atoms. The summed E-state index contributed by atoms with van der Waals surface area (Å²) in [4.78, 5) is 12.6. The second-order valence-electron chi connectivity index (χ2n) is 5.76. The summed E-state index contributed by atoms with van der Waals surface area (Å²) in [5.74, 6) is -0.165. The van der Waals surface area contributed by atoms with Crippen molar-refractivity contribution >= 4 is 17.5 Å². The van der Waals surface area contributed by atoms with Crippen LogP contribution in [0.1, 0.15) is 28.9 Å². The zero-order valence-electron chi connectivity index (χ0n) is 14.2. The third-order valence-corrected chi connectivity index (χ3v) is 4.39. The number of nitrogens with one attached hydrogen (secondary N) is 2. The molecular weight excluding hydrogens is 357 g/mol. The third-order valence-electron chi connectivity index (χ3n) is 4.05. The van der Waals surface area contributed by atoms with Crippen LogP contribution >= 0.6 is 11.6 Å². The molecule has 2 N–H and O–H groups in total. The van der Waals surface area contributed by atoms with E-state index in [1.54, 1.807) is 37.5 Å². The van der Waals surface area contributed by atoms with E-state index in [0.29, 0.717) is 21.9 Å². The molecule has 0 saturated heterocycles. The van der Waals surface area contributed by atoms with Gasteiger partial charge >= 0.3 is 0 Å². The Balaban J connectivity index is 1.82. The highest BCUT2D eigenvalue weighted by molar-refractivity contribution is 6.31. The van der Waals surface area contributed by atoms with Crippen LogP contribution in [0.15, 0.2) is 48.8 Å². The topological polar surface area (TPSA) is 67.0 Å². The average Bonchev–Trinajstić information content (AvgIpc) is 3.17. The molecule has 134 valence electrons. The van der Waals surface area contributed by atoms with Crippen molar-refractivity contribution in [1.29, 1.82) is 0 Å². The Bertz CT molecular complexity index is 929. The highest BCUT2D eigenvalue weighted by Crippen LogP contribution is 2.30. The fraction of sp³-hybridized carbons (Fsp3) is 0.158. The first-order valence-corrected chi connectivity index (χ1v) is 8.30. The van der Waals surface area contributed by atoms with Crippen molar-refractivity contribution in [3.05, 3.63) is 70.8 Å². The van der Waals surface area contributed by atoms with Crippen LogP contribution in [0.4, 0.5) is 4.39 Å². The number of amides is 1. The molecule has 1 heterocycles. The van der Waals surface area contributed by atoms with E-state index in [-0.39, 0.29) is 5.91 Å². The lowest BCUT2D eigenvalue weighted by Gasteiger charge is -2.16. The molecule has 1 unspecified atom stereocenters. The molecule has 0 aliphatic rings. The first-order valence-electron chi connectivity index (χ1n) is 7.92. The second-order valence-corrected chi connectivity index (χ2v) is 6.17. The smallest absolute Gasteiger partial charge is 0.251 e. The SMILES string of the molecule is COc1cc(C(=O)NC(C)c2cc(F)ccc2Cl)ccc1-c1cn[nH]c1. The maximum atomic E-state index is 13.5. The van der Waals surface area contributed by atoms with Crippen LogP contribution in [0, 0.1) is 5.82 Å².